The summed E-state index contributed by atoms with van der Waals surface area (Å²) in [6, 6.07) is 10.4. The summed E-state index contributed by atoms with van der Waals surface area (Å²) in [5, 5.41) is 4.52. The van der Waals surface area contributed by atoms with Gasteiger partial charge in [0.15, 0.2) is 0 Å². The van der Waals surface area contributed by atoms with E-state index in [9.17, 15) is 4.79 Å². The zero-order chi connectivity index (χ0) is 16.4. The lowest BCUT2D eigenvalue weighted by Crippen LogP contribution is -2.05. The zero-order valence-corrected chi connectivity index (χ0v) is 14.6. The van der Waals surface area contributed by atoms with Crippen molar-refractivity contribution in [1.29, 1.82) is 0 Å². The van der Waals surface area contributed by atoms with Crippen molar-refractivity contribution in [3.8, 4) is 5.75 Å². The van der Waals surface area contributed by atoms with E-state index in [-0.39, 0.29) is 0 Å². The van der Waals surface area contributed by atoms with E-state index in [0.29, 0.717) is 22.7 Å². The number of methoxy groups -OCH3 is 1. The Morgan fingerprint density at radius 1 is 1.26 bits per heavy atom. The first-order valence-corrected chi connectivity index (χ1v) is 8.16. The van der Waals surface area contributed by atoms with E-state index >= 15 is 0 Å². The minimum Gasteiger partial charge on any atom is -0.496 e. The number of fused-ring (bicyclic) bond motifs is 1. The van der Waals surface area contributed by atoms with Crippen LogP contribution in [0.1, 0.15) is 27.9 Å². The molecule has 0 saturated heterocycles. The summed E-state index contributed by atoms with van der Waals surface area (Å²) in [5.41, 5.74) is 3.07. The van der Waals surface area contributed by atoms with Crippen molar-refractivity contribution in [1.82, 2.24) is 0 Å². The van der Waals surface area contributed by atoms with Crippen LogP contribution < -0.4 is 4.74 Å². The van der Waals surface area contributed by atoms with Gasteiger partial charge in [-0.25, -0.2) is 4.79 Å². The molecule has 0 N–H and O–H groups in total. The Bertz CT molecular complexity index is 804. The van der Waals surface area contributed by atoms with Gasteiger partial charge in [-0.1, -0.05) is 38.8 Å². The molecule has 4 nitrogen and oxygen atoms in total. The fraction of sp³-hybridized carbons (Fsp3) is 0.176. The molecule has 0 unspecified atom stereocenters. The lowest BCUT2D eigenvalue weighted by atomic mass is 10.1. The zero-order valence-electron chi connectivity index (χ0n) is 12.3. The van der Waals surface area contributed by atoms with Gasteiger partial charge in [-0.15, -0.1) is 0 Å². The summed E-state index contributed by atoms with van der Waals surface area (Å²) in [6.45, 7) is 0. The first-order chi connectivity index (χ1) is 11.1. The SMILES string of the molecule is COc1ccc(Br)c2c1C(=NOC(=O)c1cccc(Cl)c1)CC2. The molecule has 0 aromatic heterocycles. The molecular formula is C17H13BrClNO3. The van der Waals surface area contributed by atoms with Crippen LogP contribution in [0.3, 0.4) is 0 Å². The molecule has 1 aliphatic carbocycles. The largest absolute Gasteiger partial charge is 0.496 e. The molecule has 118 valence electrons. The lowest BCUT2D eigenvalue weighted by Gasteiger charge is -2.09. The number of halogens is 2. The van der Waals surface area contributed by atoms with Crippen LogP contribution in [0.2, 0.25) is 5.02 Å². The third kappa shape index (κ3) is 3.26. The van der Waals surface area contributed by atoms with E-state index in [1.54, 1.807) is 31.4 Å². The van der Waals surface area contributed by atoms with Crippen LogP contribution in [0.5, 0.6) is 5.75 Å². The Labute approximate surface area is 147 Å². The molecular weight excluding hydrogens is 382 g/mol. The van der Waals surface area contributed by atoms with Gasteiger partial charge in [0, 0.05) is 15.1 Å². The molecule has 23 heavy (non-hydrogen) atoms. The topological polar surface area (TPSA) is 47.9 Å². The molecule has 2 aromatic carbocycles. The van der Waals surface area contributed by atoms with Crippen molar-refractivity contribution in [2.45, 2.75) is 12.8 Å². The normalized spacial score (nSPS) is 14.7. The van der Waals surface area contributed by atoms with Crippen molar-refractivity contribution < 1.29 is 14.4 Å². The number of benzene rings is 2. The highest BCUT2D eigenvalue weighted by Gasteiger charge is 2.25. The third-order valence-corrected chi connectivity index (χ3v) is 4.61. The molecule has 2 aromatic rings. The van der Waals surface area contributed by atoms with E-state index in [1.165, 1.54) is 0 Å². The van der Waals surface area contributed by atoms with E-state index in [1.807, 2.05) is 12.1 Å². The Morgan fingerprint density at radius 3 is 2.83 bits per heavy atom. The fourth-order valence-corrected chi connectivity index (χ4v) is 3.28. The Balaban J connectivity index is 1.87. The predicted molar refractivity (Wildman–Crippen MR) is 92.4 cm³/mol. The molecule has 0 atom stereocenters. The van der Waals surface area contributed by atoms with E-state index in [2.05, 4.69) is 21.1 Å². The van der Waals surface area contributed by atoms with Crippen molar-refractivity contribution in [3.05, 3.63) is 62.6 Å². The summed E-state index contributed by atoms with van der Waals surface area (Å²) in [4.78, 5) is 17.1. The second kappa shape index (κ2) is 6.72. The summed E-state index contributed by atoms with van der Waals surface area (Å²) in [7, 11) is 1.61. The minimum atomic E-state index is -0.539. The molecule has 0 aliphatic heterocycles. The van der Waals surface area contributed by atoms with Crippen LogP contribution >= 0.6 is 27.5 Å². The van der Waals surface area contributed by atoms with Gasteiger partial charge in [-0.2, -0.15) is 0 Å². The second-order valence-corrected chi connectivity index (χ2v) is 6.32. The third-order valence-electron chi connectivity index (χ3n) is 3.64. The van der Waals surface area contributed by atoms with Crippen LogP contribution in [0.15, 0.2) is 46.0 Å². The van der Waals surface area contributed by atoms with Crippen LogP contribution in [-0.4, -0.2) is 18.8 Å². The Kier molecular flexibility index (Phi) is 4.68. The van der Waals surface area contributed by atoms with Gasteiger partial charge in [0.2, 0.25) is 0 Å². The highest BCUT2D eigenvalue weighted by Crippen LogP contribution is 2.36. The maximum Gasteiger partial charge on any atom is 0.365 e. The van der Waals surface area contributed by atoms with Crippen LogP contribution in [0.4, 0.5) is 0 Å². The lowest BCUT2D eigenvalue weighted by molar-refractivity contribution is 0.0516. The molecule has 0 fully saturated rings. The number of nitrogens with zero attached hydrogens (tertiary/aromatic N) is 1. The average molecular weight is 395 g/mol. The monoisotopic (exact) mass is 393 g/mol. The van der Waals surface area contributed by atoms with Crippen molar-refractivity contribution in [2.24, 2.45) is 5.16 Å². The highest BCUT2D eigenvalue weighted by molar-refractivity contribution is 9.10. The number of hydrogen-bond acceptors (Lipinski definition) is 4. The molecule has 0 amide bonds. The molecule has 0 heterocycles. The molecule has 3 rings (SSSR count). The van der Waals surface area contributed by atoms with Crippen molar-refractivity contribution >= 4 is 39.2 Å². The molecule has 1 aliphatic rings. The Hall–Kier alpha value is -1.85. The molecule has 0 saturated carbocycles. The van der Waals surface area contributed by atoms with Gasteiger partial charge < -0.3 is 9.57 Å². The second-order valence-electron chi connectivity index (χ2n) is 5.03. The summed E-state index contributed by atoms with van der Waals surface area (Å²) in [5.74, 6) is 0.181. The maximum atomic E-state index is 12.1. The summed E-state index contributed by atoms with van der Waals surface area (Å²) < 4.78 is 6.39. The number of hydrogen-bond donors (Lipinski definition) is 0. The number of ether oxygens (including phenoxy) is 1. The number of oxime groups is 1. The first kappa shape index (κ1) is 16.0. The van der Waals surface area contributed by atoms with E-state index in [0.717, 1.165) is 27.8 Å². The standard InChI is InChI=1S/C17H13BrClNO3/c1-22-15-8-6-13(18)12-5-7-14(16(12)15)20-23-17(21)10-3-2-4-11(19)9-10/h2-4,6,8-9H,5,7H2,1H3. The van der Waals surface area contributed by atoms with Gasteiger partial charge in [-0.05, 0) is 48.7 Å². The number of carbonyl (C=O) groups excluding carboxylic acids is 1. The predicted octanol–water partition coefficient (Wildman–Crippen LogP) is 4.62. The molecule has 0 bridgehead atoms. The molecule has 6 heteroatoms. The fourth-order valence-electron chi connectivity index (χ4n) is 2.56. The van der Waals surface area contributed by atoms with E-state index < -0.39 is 5.97 Å². The summed E-state index contributed by atoms with van der Waals surface area (Å²) >= 11 is 9.40. The summed E-state index contributed by atoms with van der Waals surface area (Å²) in [6.07, 6.45) is 1.51. The van der Waals surface area contributed by atoms with Crippen LogP contribution in [0.25, 0.3) is 0 Å². The first-order valence-electron chi connectivity index (χ1n) is 6.99. The van der Waals surface area contributed by atoms with Gasteiger partial charge in [-0.3, -0.25) is 0 Å². The average Bonchev–Trinajstić information content (AvgIpc) is 2.98. The maximum absolute atomic E-state index is 12.1. The quantitative estimate of drug-likeness (QED) is 0.564. The van der Waals surface area contributed by atoms with Crippen molar-refractivity contribution in [3.63, 3.8) is 0 Å². The highest BCUT2D eigenvalue weighted by atomic mass is 79.9. The van der Waals surface area contributed by atoms with Crippen LogP contribution in [-0.2, 0) is 11.3 Å². The smallest absolute Gasteiger partial charge is 0.365 e. The minimum absolute atomic E-state index is 0.362. The van der Waals surface area contributed by atoms with Gasteiger partial charge >= 0.3 is 5.97 Å². The molecule has 0 spiro atoms. The Morgan fingerprint density at radius 2 is 2.09 bits per heavy atom. The van der Waals surface area contributed by atoms with Gasteiger partial charge in [0.05, 0.1) is 18.4 Å². The molecule has 0 radical (unpaired) electrons. The van der Waals surface area contributed by atoms with Gasteiger partial charge in [0.25, 0.3) is 0 Å². The van der Waals surface area contributed by atoms with Crippen molar-refractivity contribution in [2.75, 3.05) is 7.11 Å². The number of rotatable bonds is 3. The van der Waals surface area contributed by atoms with Gasteiger partial charge in [0.1, 0.15) is 5.75 Å². The van der Waals surface area contributed by atoms with E-state index in [4.69, 9.17) is 21.2 Å². The van der Waals surface area contributed by atoms with Crippen LogP contribution in [0, 0.1) is 0 Å². The number of carbonyl (C=O) groups is 1.